The van der Waals surface area contributed by atoms with Crippen molar-refractivity contribution >= 4 is 54.8 Å². The fourth-order valence-corrected chi connectivity index (χ4v) is 5.02. The summed E-state index contributed by atoms with van der Waals surface area (Å²) in [6, 6.07) is 10.7. The monoisotopic (exact) mass is 504 g/mol. The molecular formula is C24H24O8S2. The Morgan fingerprint density at radius 2 is 1.12 bits per heavy atom. The van der Waals surface area contributed by atoms with Crippen LogP contribution in [-0.4, -0.2) is 52.1 Å². The number of rotatable bonds is 7. The van der Waals surface area contributed by atoms with Crippen LogP contribution in [0.2, 0.25) is 0 Å². The van der Waals surface area contributed by atoms with Crippen LogP contribution >= 0.6 is 22.7 Å². The standard InChI is InChI=1S/C13H14O4S.C11H10O4S/c1-4-17-13(14)12-6-8-5-9(15-2)10(16-3)7-11(8)18-12;1-14-7-3-6-4-10(11(12)13)16-9(6)5-8(7)15-2/h5-7H,4H2,1-3H3;3-5H,1-2H3,(H,12,13). The van der Waals surface area contributed by atoms with E-state index in [0.29, 0.717) is 39.4 Å². The second kappa shape index (κ2) is 11.1. The lowest BCUT2D eigenvalue weighted by molar-refractivity contribution is 0.0531. The topological polar surface area (TPSA) is 101 Å². The van der Waals surface area contributed by atoms with Gasteiger partial charge in [0.1, 0.15) is 9.75 Å². The molecule has 0 radical (unpaired) electrons. The summed E-state index contributed by atoms with van der Waals surface area (Å²) in [7, 11) is 6.27. The van der Waals surface area contributed by atoms with Crippen molar-refractivity contribution in [1.82, 2.24) is 0 Å². The smallest absolute Gasteiger partial charge is 0.348 e. The minimum atomic E-state index is -0.917. The van der Waals surface area contributed by atoms with Gasteiger partial charge in [-0.25, -0.2) is 9.59 Å². The van der Waals surface area contributed by atoms with Crippen molar-refractivity contribution in [2.24, 2.45) is 0 Å². The minimum absolute atomic E-state index is 0.295. The number of carbonyl (C=O) groups is 2. The summed E-state index contributed by atoms with van der Waals surface area (Å²) in [5.74, 6) is 1.30. The number of hydrogen-bond donors (Lipinski definition) is 1. The summed E-state index contributed by atoms with van der Waals surface area (Å²) in [5, 5.41) is 10.7. The van der Waals surface area contributed by atoms with Crippen LogP contribution in [0.15, 0.2) is 36.4 Å². The van der Waals surface area contributed by atoms with E-state index in [4.69, 9.17) is 28.8 Å². The second-order valence-corrected chi connectivity index (χ2v) is 8.90. The Labute approximate surface area is 204 Å². The van der Waals surface area contributed by atoms with Crippen molar-refractivity contribution in [3.8, 4) is 23.0 Å². The quantitative estimate of drug-likeness (QED) is 0.319. The zero-order chi connectivity index (χ0) is 24.8. The van der Waals surface area contributed by atoms with Crippen LogP contribution in [0.4, 0.5) is 0 Å². The van der Waals surface area contributed by atoms with Gasteiger partial charge in [-0.2, -0.15) is 0 Å². The van der Waals surface area contributed by atoms with Gasteiger partial charge in [0.05, 0.1) is 35.0 Å². The average molecular weight is 505 g/mol. The summed E-state index contributed by atoms with van der Waals surface area (Å²) in [5.41, 5.74) is 0. The van der Waals surface area contributed by atoms with E-state index in [9.17, 15) is 9.59 Å². The maximum Gasteiger partial charge on any atom is 0.348 e. The first-order valence-electron chi connectivity index (χ1n) is 10.1. The van der Waals surface area contributed by atoms with E-state index in [2.05, 4.69) is 0 Å². The molecule has 0 aliphatic carbocycles. The maximum absolute atomic E-state index is 11.6. The Balaban J connectivity index is 0.000000192. The summed E-state index contributed by atoms with van der Waals surface area (Å²) in [6.07, 6.45) is 0. The minimum Gasteiger partial charge on any atom is -0.493 e. The number of carbonyl (C=O) groups excluding carboxylic acids is 1. The predicted molar refractivity (Wildman–Crippen MR) is 133 cm³/mol. The van der Waals surface area contributed by atoms with Crippen LogP contribution in [0.1, 0.15) is 26.3 Å². The zero-order valence-corrected chi connectivity index (χ0v) is 20.9. The van der Waals surface area contributed by atoms with E-state index >= 15 is 0 Å². The number of hydrogen-bond acceptors (Lipinski definition) is 9. The van der Waals surface area contributed by atoms with Gasteiger partial charge in [0, 0.05) is 21.5 Å². The Morgan fingerprint density at radius 1 is 0.706 bits per heavy atom. The Bertz CT molecular complexity index is 1240. The highest BCUT2D eigenvalue weighted by molar-refractivity contribution is 7.21. The highest BCUT2D eigenvalue weighted by atomic mass is 32.1. The molecule has 2 heterocycles. The second-order valence-electron chi connectivity index (χ2n) is 6.74. The van der Waals surface area contributed by atoms with Crippen LogP contribution in [-0.2, 0) is 4.74 Å². The molecule has 0 fully saturated rings. The number of carboxylic acid groups (broad SMARTS) is 1. The molecule has 180 valence electrons. The van der Waals surface area contributed by atoms with Gasteiger partial charge >= 0.3 is 11.9 Å². The lowest BCUT2D eigenvalue weighted by Crippen LogP contribution is -2.01. The number of carboxylic acids is 1. The maximum atomic E-state index is 11.6. The van der Waals surface area contributed by atoms with Crippen molar-refractivity contribution in [3.63, 3.8) is 0 Å². The third kappa shape index (κ3) is 5.35. The summed E-state index contributed by atoms with van der Waals surface area (Å²) < 4.78 is 27.6. The molecule has 0 aliphatic heterocycles. The van der Waals surface area contributed by atoms with Crippen LogP contribution in [0.3, 0.4) is 0 Å². The van der Waals surface area contributed by atoms with Crippen LogP contribution in [0.5, 0.6) is 23.0 Å². The van der Waals surface area contributed by atoms with E-state index in [1.165, 1.54) is 22.7 Å². The summed E-state index contributed by atoms with van der Waals surface area (Å²) >= 11 is 2.60. The molecule has 1 N–H and O–H groups in total. The van der Waals surface area contributed by atoms with Crippen LogP contribution in [0, 0.1) is 0 Å². The summed E-state index contributed by atoms with van der Waals surface area (Å²) in [4.78, 5) is 23.4. The molecule has 2 aromatic heterocycles. The fraction of sp³-hybridized carbons (Fsp3) is 0.250. The van der Waals surface area contributed by atoms with E-state index in [-0.39, 0.29) is 5.97 Å². The van der Waals surface area contributed by atoms with E-state index in [1.54, 1.807) is 59.6 Å². The molecule has 4 aromatic rings. The van der Waals surface area contributed by atoms with Gasteiger partial charge in [0.15, 0.2) is 23.0 Å². The molecule has 0 aliphatic rings. The highest BCUT2D eigenvalue weighted by Crippen LogP contribution is 2.37. The zero-order valence-electron chi connectivity index (χ0n) is 19.3. The molecule has 34 heavy (non-hydrogen) atoms. The number of fused-ring (bicyclic) bond motifs is 2. The third-order valence-corrected chi connectivity index (χ3v) is 6.90. The van der Waals surface area contributed by atoms with Crippen molar-refractivity contribution in [3.05, 3.63) is 46.2 Å². The lowest BCUT2D eigenvalue weighted by atomic mass is 10.2. The molecule has 0 saturated carbocycles. The normalized spacial score (nSPS) is 10.4. The summed E-state index contributed by atoms with van der Waals surface area (Å²) in [6.45, 7) is 2.16. The van der Waals surface area contributed by atoms with Gasteiger partial charge in [-0.15, -0.1) is 22.7 Å². The first-order chi connectivity index (χ1) is 16.3. The van der Waals surface area contributed by atoms with Crippen LogP contribution < -0.4 is 18.9 Å². The number of benzene rings is 2. The largest absolute Gasteiger partial charge is 0.493 e. The first kappa shape index (κ1) is 25.1. The van der Waals surface area contributed by atoms with E-state index in [1.807, 2.05) is 12.1 Å². The van der Waals surface area contributed by atoms with Crippen LogP contribution in [0.25, 0.3) is 20.2 Å². The fourth-order valence-electron chi connectivity index (χ4n) is 3.14. The Kier molecular flexibility index (Phi) is 8.19. The van der Waals surface area contributed by atoms with E-state index < -0.39 is 5.97 Å². The molecule has 0 atom stereocenters. The lowest BCUT2D eigenvalue weighted by Gasteiger charge is -2.06. The Hall–Kier alpha value is -3.50. The number of aromatic carboxylic acids is 1. The molecule has 0 unspecified atom stereocenters. The van der Waals surface area contributed by atoms with Gasteiger partial charge < -0.3 is 28.8 Å². The average Bonchev–Trinajstić information content (AvgIpc) is 3.46. The van der Waals surface area contributed by atoms with Gasteiger partial charge in [0.2, 0.25) is 0 Å². The van der Waals surface area contributed by atoms with Gasteiger partial charge in [-0.05, 0) is 42.0 Å². The highest BCUT2D eigenvalue weighted by Gasteiger charge is 2.14. The van der Waals surface area contributed by atoms with Gasteiger partial charge in [-0.1, -0.05) is 0 Å². The van der Waals surface area contributed by atoms with Gasteiger partial charge in [-0.3, -0.25) is 0 Å². The van der Waals surface area contributed by atoms with Crippen molar-refractivity contribution in [1.29, 1.82) is 0 Å². The van der Waals surface area contributed by atoms with E-state index in [0.717, 1.165) is 20.2 Å². The Morgan fingerprint density at radius 3 is 1.53 bits per heavy atom. The molecule has 0 amide bonds. The molecule has 0 saturated heterocycles. The molecule has 10 heteroatoms. The van der Waals surface area contributed by atoms with Gasteiger partial charge in [0.25, 0.3) is 0 Å². The number of methoxy groups -OCH3 is 4. The molecule has 0 bridgehead atoms. The molecule has 8 nitrogen and oxygen atoms in total. The first-order valence-corrected chi connectivity index (χ1v) is 11.7. The van der Waals surface area contributed by atoms with Crippen molar-refractivity contribution in [2.45, 2.75) is 6.92 Å². The number of esters is 1. The van der Waals surface area contributed by atoms with Crippen molar-refractivity contribution < 1.29 is 38.4 Å². The molecule has 4 rings (SSSR count). The molecule has 2 aromatic carbocycles. The third-order valence-electron chi connectivity index (χ3n) is 4.73. The van der Waals surface area contributed by atoms with Crippen molar-refractivity contribution in [2.75, 3.05) is 35.0 Å². The molecule has 0 spiro atoms. The predicted octanol–water partition coefficient (Wildman–Crippen LogP) is 5.71. The number of thiophene rings is 2. The SMILES string of the molecule is CCOC(=O)c1cc2cc(OC)c(OC)cc2s1.COc1cc2cc(C(=O)O)sc2cc1OC. The molecular weight excluding hydrogens is 480 g/mol. The number of ether oxygens (including phenoxy) is 5.